The zero-order chi connectivity index (χ0) is 26.2. The molecule has 0 fully saturated rings. The van der Waals surface area contributed by atoms with Crippen LogP contribution in [-0.2, 0) is 0 Å². The van der Waals surface area contributed by atoms with E-state index >= 15 is 0 Å². The molecule has 9 aromatic rings. The molecule has 0 bridgehead atoms. The highest BCUT2D eigenvalue weighted by Gasteiger charge is 2.21. The fourth-order valence-corrected chi connectivity index (χ4v) is 8.75. The minimum absolute atomic E-state index is 1.27. The summed E-state index contributed by atoms with van der Waals surface area (Å²) in [5.74, 6) is 0. The highest BCUT2D eigenvalue weighted by atomic mass is 32.1. The lowest BCUT2D eigenvalue weighted by Crippen LogP contribution is -1.91. The summed E-state index contributed by atoms with van der Waals surface area (Å²) in [6.07, 6.45) is 0. The summed E-state index contributed by atoms with van der Waals surface area (Å²) < 4.78 is 4.05. The molecule has 0 saturated carbocycles. The van der Waals surface area contributed by atoms with Crippen LogP contribution in [0.4, 0.5) is 0 Å². The van der Waals surface area contributed by atoms with Crippen LogP contribution in [-0.4, -0.2) is 0 Å². The van der Waals surface area contributed by atoms with E-state index in [1.54, 1.807) is 0 Å². The number of fused-ring (bicyclic) bond motifs is 8. The van der Waals surface area contributed by atoms with Crippen LogP contribution in [0.5, 0.6) is 0 Å². The van der Waals surface area contributed by atoms with Crippen LogP contribution in [0.1, 0.15) is 0 Å². The smallest absolute Gasteiger partial charge is 0.0362 e. The lowest BCUT2D eigenvalue weighted by atomic mass is 9.84. The first kappa shape index (κ1) is 22.3. The van der Waals surface area contributed by atoms with Crippen molar-refractivity contribution in [1.82, 2.24) is 0 Å². The Labute approximate surface area is 239 Å². The van der Waals surface area contributed by atoms with Crippen LogP contribution in [0.15, 0.2) is 133 Å². The summed E-state index contributed by atoms with van der Waals surface area (Å²) in [7, 11) is 0. The summed E-state index contributed by atoms with van der Waals surface area (Å²) in [4.78, 5) is 0. The quantitative estimate of drug-likeness (QED) is 0.191. The molecule has 0 saturated heterocycles. The Morgan fingerprint density at radius 3 is 1.62 bits per heavy atom. The zero-order valence-electron chi connectivity index (χ0n) is 21.5. The van der Waals surface area contributed by atoms with Crippen molar-refractivity contribution in [2.75, 3.05) is 0 Å². The Bertz CT molecular complexity index is 2370. The van der Waals surface area contributed by atoms with Crippen molar-refractivity contribution in [3.8, 4) is 22.3 Å². The lowest BCUT2D eigenvalue weighted by molar-refractivity contribution is 1.70. The molecule has 0 aliphatic rings. The van der Waals surface area contributed by atoms with Crippen LogP contribution >= 0.6 is 22.7 Å². The molecule has 7 aromatic carbocycles. The van der Waals surface area contributed by atoms with Crippen molar-refractivity contribution in [3.63, 3.8) is 0 Å². The van der Waals surface area contributed by atoms with Crippen LogP contribution < -0.4 is 0 Å². The maximum absolute atomic E-state index is 2.39. The average molecular weight is 543 g/mol. The molecular weight excluding hydrogens is 521 g/mol. The zero-order valence-corrected chi connectivity index (χ0v) is 23.2. The molecule has 0 atom stereocenters. The van der Waals surface area contributed by atoms with Gasteiger partial charge in [0.05, 0.1) is 0 Å². The van der Waals surface area contributed by atoms with E-state index in [1.807, 2.05) is 22.7 Å². The largest absolute Gasteiger partial charge is 0.143 e. The van der Waals surface area contributed by atoms with Crippen molar-refractivity contribution in [2.45, 2.75) is 0 Å². The third-order valence-corrected chi connectivity index (χ3v) is 10.4. The van der Waals surface area contributed by atoms with Gasteiger partial charge in [0, 0.05) is 35.8 Å². The molecule has 2 heterocycles. The summed E-state index contributed by atoms with van der Waals surface area (Å²) in [6.45, 7) is 0. The molecule has 0 unspecified atom stereocenters. The predicted octanol–water partition coefficient (Wildman–Crippen LogP) is 12.1. The average Bonchev–Trinajstić information content (AvgIpc) is 3.61. The maximum atomic E-state index is 2.39. The summed E-state index contributed by atoms with van der Waals surface area (Å²) in [5, 5.41) is 14.3. The Balaban J connectivity index is 1.48. The van der Waals surface area contributed by atoms with Gasteiger partial charge in [-0.3, -0.25) is 0 Å². The van der Waals surface area contributed by atoms with Crippen LogP contribution in [0.25, 0.3) is 84.8 Å². The Morgan fingerprint density at radius 2 is 0.900 bits per heavy atom. The third-order valence-electron chi connectivity index (χ3n) is 8.34. The maximum Gasteiger partial charge on any atom is 0.0362 e. The van der Waals surface area contributed by atoms with Crippen LogP contribution in [0.3, 0.4) is 0 Å². The van der Waals surface area contributed by atoms with Gasteiger partial charge in [0.25, 0.3) is 0 Å². The monoisotopic (exact) mass is 542 g/mol. The van der Waals surface area contributed by atoms with E-state index in [9.17, 15) is 0 Å². The topological polar surface area (TPSA) is 0 Å². The number of benzene rings is 7. The Morgan fingerprint density at radius 1 is 0.350 bits per heavy atom. The standard InChI is InChI=1S/C38H22S2/c1-2-12-24-23(10-1)11-9-18-25(24)35-26-13-3-5-15-28(26)36(29-16-6-4-14-27(29)35)31-22-39-33-20-21-34-37(38(31)33)30-17-7-8-19-32(30)40-34/h1-22H. The number of thiophene rings is 2. The van der Waals surface area contributed by atoms with Crippen molar-refractivity contribution in [2.24, 2.45) is 0 Å². The highest BCUT2D eigenvalue weighted by molar-refractivity contribution is 7.26. The second-order valence-electron chi connectivity index (χ2n) is 10.4. The SMILES string of the molecule is c1ccc2c(-c3c4ccccc4c(-c4csc5ccc6sc7ccccc7c6c45)c4ccccc34)cccc2c1. The first-order valence-electron chi connectivity index (χ1n) is 13.6. The van der Waals surface area contributed by atoms with Crippen molar-refractivity contribution in [3.05, 3.63) is 133 Å². The van der Waals surface area contributed by atoms with Gasteiger partial charge < -0.3 is 0 Å². The highest BCUT2D eigenvalue weighted by Crippen LogP contribution is 2.50. The van der Waals surface area contributed by atoms with Gasteiger partial charge in [0.15, 0.2) is 0 Å². The molecule has 40 heavy (non-hydrogen) atoms. The molecule has 0 N–H and O–H groups in total. The third kappa shape index (κ3) is 3.06. The fourth-order valence-electron chi connectivity index (χ4n) is 6.68. The summed E-state index contributed by atoms with van der Waals surface area (Å²) in [5.41, 5.74) is 5.28. The number of hydrogen-bond donors (Lipinski definition) is 0. The van der Waals surface area contributed by atoms with Gasteiger partial charge in [0.2, 0.25) is 0 Å². The molecule has 0 aliphatic carbocycles. The van der Waals surface area contributed by atoms with Crippen LogP contribution in [0, 0.1) is 0 Å². The van der Waals surface area contributed by atoms with Gasteiger partial charge in [-0.25, -0.2) is 0 Å². The Kier molecular flexibility index (Phi) is 4.74. The van der Waals surface area contributed by atoms with E-state index in [4.69, 9.17) is 0 Å². The molecule has 186 valence electrons. The van der Waals surface area contributed by atoms with Gasteiger partial charge in [-0.1, -0.05) is 109 Å². The number of rotatable bonds is 2. The van der Waals surface area contributed by atoms with E-state index in [2.05, 4.69) is 133 Å². The van der Waals surface area contributed by atoms with Crippen molar-refractivity contribution < 1.29 is 0 Å². The minimum atomic E-state index is 1.27. The minimum Gasteiger partial charge on any atom is -0.143 e. The van der Waals surface area contributed by atoms with E-state index in [1.165, 1.54) is 84.8 Å². The van der Waals surface area contributed by atoms with Gasteiger partial charge in [-0.05, 0) is 72.6 Å². The van der Waals surface area contributed by atoms with E-state index < -0.39 is 0 Å². The second-order valence-corrected chi connectivity index (χ2v) is 12.4. The number of hydrogen-bond acceptors (Lipinski definition) is 2. The van der Waals surface area contributed by atoms with Crippen LogP contribution in [0.2, 0.25) is 0 Å². The van der Waals surface area contributed by atoms with Crippen molar-refractivity contribution in [1.29, 1.82) is 0 Å². The molecule has 0 amide bonds. The molecular formula is C38H22S2. The molecule has 0 spiro atoms. The first-order valence-corrected chi connectivity index (χ1v) is 15.3. The van der Waals surface area contributed by atoms with E-state index in [0.717, 1.165) is 0 Å². The lowest BCUT2D eigenvalue weighted by Gasteiger charge is -2.18. The van der Waals surface area contributed by atoms with Gasteiger partial charge in [-0.2, -0.15) is 0 Å². The predicted molar refractivity (Wildman–Crippen MR) is 178 cm³/mol. The second kappa shape index (κ2) is 8.50. The molecule has 0 nitrogen and oxygen atoms in total. The summed E-state index contributed by atoms with van der Waals surface area (Å²) >= 11 is 3.76. The normalized spacial score (nSPS) is 12.0. The molecule has 0 aliphatic heterocycles. The fraction of sp³-hybridized carbons (Fsp3) is 0. The van der Waals surface area contributed by atoms with Gasteiger partial charge in [-0.15, -0.1) is 22.7 Å². The molecule has 2 aromatic heterocycles. The molecule has 0 radical (unpaired) electrons. The van der Waals surface area contributed by atoms with E-state index in [0.29, 0.717) is 0 Å². The van der Waals surface area contributed by atoms with Gasteiger partial charge in [0.1, 0.15) is 0 Å². The molecule has 9 rings (SSSR count). The van der Waals surface area contributed by atoms with Gasteiger partial charge >= 0.3 is 0 Å². The Hall–Kier alpha value is -4.50. The summed E-state index contributed by atoms with van der Waals surface area (Å²) in [6, 6.07) is 46.9. The first-order chi connectivity index (χ1) is 19.9. The van der Waals surface area contributed by atoms with E-state index in [-0.39, 0.29) is 0 Å². The van der Waals surface area contributed by atoms with Crippen molar-refractivity contribution >= 4 is 85.2 Å². The molecule has 2 heteroatoms.